The number of anilines is 1. The second-order valence-corrected chi connectivity index (χ2v) is 4.87. The summed E-state index contributed by atoms with van der Waals surface area (Å²) in [5.41, 5.74) is 9.33. The zero-order chi connectivity index (χ0) is 12.6. The Bertz CT molecular complexity index is 606. The Morgan fingerprint density at radius 3 is 2.24 bits per heavy atom. The van der Waals surface area contributed by atoms with E-state index in [1.54, 1.807) is 12.1 Å². The first kappa shape index (κ1) is 11.9. The molecule has 1 aromatic carbocycles. The van der Waals surface area contributed by atoms with E-state index in [1.165, 1.54) is 0 Å². The highest BCUT2D eigenvalue weighted by atomic mass is 79.9. The van der Waals surface area contributed by atoms with Crippen LogP contribution in [-0.4, -0.2) is 4.57 Å². The van der Waals surface area contributed by atoms with E-state index in [1.807, 2.05) is 36.6 Å². The molecule has 0 unspecified atom stereocenters. The monoisotopic (exact) mass is 292 g/mol. The molecule has 0 aliphatic heterocycles. The van der Waals surface area contributed by atoms with Crippen molar-refractivity contribution in [1.29, 1.82) is 0 Å². The highest BCUT2D eigenvalue weighted by molar-refractivity contribution is 9.10. The maximum atomic E-state index is 11.4. The van der Waals surface area contributed by atoms with Crippen molar-refractivity contribution < 1.29 is 0 Å². The highest BCUT2D eigenvalue weighted by Crippen LogP contribution is 2.23. The quantitative estimate of drug-likeness (QED) is 0.822. The van der Waals surface area contributed by atoms with E-state index in [2.05, 4.69) is 15.9 Å². The van der Waals surface area contributed by atoms with Crippen molar-refractivity contribution in [3.05, 3.63) is 56.4 Å². The molecule has 0 atom stereocenters. The highest BCUT2D eigenvalue weighted by Gasteiger charge is 2.05. The Hall–Kier alpha value is -1.55. The van der Waals surface area contributed by atoms with Gasteiger partial charge >= 0.3 is 0 Å². The van der Waals surface area contributed by atoms with Gasteiger partial charge in [-0.1, -0.05) is 0 Å². The number of benzene rings is 1. The summed E-state index contributed by atoms with van der Waals surface area (Å²) in [5.74, 6) is 0. The van der Waals surface area contributed by atoms with Crippen LogP contribution >= 0.6 is 15.9 Å². The summed E-state index contributed by atoms with van der Waals surface area (Å²) >= 11 is 3.37. The Balaban J connectivity index is 2.68. The fourth-order valence-corrected chi connectivity index (χ4v) is 2.18. The van der Waals surface area contributed by atoms with Crippen LogP contribution in [0.4, 0.5) is 5.69 Å². The molecule has 0 radical (unpaired) electrons. The van der Waals surface area contributed by atoms with E-state index in [0.717, 1.165) is 21.5 Å². The molecule has 0 spiro atoms. The summed E-state index contributed by atoms with van der Waals surface area (Å²) in [4.78, 5) is 11.4. The molecule has 1 heterocycles. The van der Waals surface area contributed by atoms with E-state index in [0.29, 0.717) is 5.69 Å². The van der Waals surface area contributed by atoms with Crippen LogP contribution < -0.4 is 11.2 Å². The predicted octanol–water partition coefficient (Wildman–Crippen LogP) is 2.80. The van der Waals surface area contributed by atoms with Crippen molar-refractivity contribution in [2.45, 2.75) is 13.8 Å². The molecule has 0 saturated heterocycles. The average Bonchev–Trinajstić information content (AvgIpc) is 2.21. The largest absolute Gasteiger partial charge is 0.398 e. The second-order valence-electron chi connectivity index (χ2n) is 4.02. The number of aromatic nitrogens is 1. The van der Waals surface area contributed by atoms with Crippen LogP contribution in [0.1, 0.15) is 11.4 Å². The lowest BCUT2D eigenvalue weighted by molar-refractivity contribution is 0.922. The topological polar surface area (TPSA) is 48.0 Å². The smallest absolute Gasteiger partial charge is 0.182 e. The van der Waals surface area contributed by atoms with Gasteiger partial charge in [0.2, 0.25) is 0 Å². The average molecular weight is 293 g/mol. The van der Waals surface area contributed by atoms with Gasteiger partial charge < -0.3 is 10.3 Å². The third kappa shape index (κ3) is 2.26. The number of halogens is 1. The maximum absolute atomic E-state index is 11.4. The molecule has 0 aliphatic carbocycles. The summed E-state index contributed by atoms with van der Waals surface area (Å²) in [6.07, 6.45) is 0. The summed E-state index contributed by atoms with van der Waals surface area (Å²) in [6, 6.07) is 8.98. The first-order chi connectivity index (χ1) is 7.99. The van der Waals surface area contributed by atoms with Gasteiger partial charge in [0.15, 0.2) is 5.43 Å². The van der Waals surface area contributed by atoms with E-state index in [9.17, 15) is 4.79 Å². The van der Waals surface area contributed by atoms with Crippen molar-refractivity contribution >= 4 is 21.6 Å². The number of hydrogen-bond donors (Lipinski definition) is 1. The standard InChI is InChI=1S/C13H13BrN2O/c1-8-5-11(17)6-9(2)16(8)10-3-4-12(14)13(15)7-10/h3-7H,15H2,1-2H3. The van der Waals surface area contributed by atoms with Crippen molar-refractivity contribution in [3.63, 3.8) is 0 Å². The normalized spacial score (nSPS) is 10.5. The molecule has 2 aromatic rings. The fourth-order valence-electron chi connectivity index (χ4n) is 1.94. The minimum atomic E-state index is 0.0290. The lowest BCUT2D eigenvalue weighted by Crippen LogP contribution is -2.11. The Labute approximate surface area is 108 Å². The van der Waals surface area contributed by atoms with Gasteiger partial charge in [0.05, 0.1) is 0 Å². The van der Waals surface area contributed by atoms with Crippen LogP contribution in [0, 0.1) is 13.8 Å². The van der Waals surface area contributed by atoms with Crippen LogP contribution in [0.2, 0.25) is 0 Å². The van der Waals surface area contributed by atoms with Crippen molar-refractivity contribution in [2.24, 2.45) is 0 Å². The van der Waals surface area contributed by atoms with Crippen molar-refractivity contribution in [3.8, 4) is 5.69 Å². The van der Waals surface area contributed by atoms with Crippen LogP contribution in [0.5, 0.6) is 0 Å². The minimum Gasteiger partial charge on any atom is -0.398 e. The first-order valence-corrected chi connectivity index (χ1v) is 6.04. The fraction of sp³-hybridized carbons (Fsp3) is 0.154. The molecule has 0 bridgehead atoms. The van der Waals surface area contributed by atoms with Gasteiger partial charge in [0, 0.05) is 39.4 Å². The van der Waals surface area contributed by atoms with Gasteiger partial charge in [-0.05, 0) is 48.0 Å². The molecule has 0 fully saturated rings. The van der Waals surface area contributed by atoms with Gasteiger partial charge in [-0.25, -0.2) is 0 Å². The number of nitrogen functional groups attached to an aromatic ring is 1. The van der Waals surface area contributed by atoms with Gasteiger partial charge in [0.1, 0.15) is 0 Å². The van der Waals surface area contributed by atoms with E-state index in [-0.39, 0.29) is 5.43 Å². The number of rotatable bonds is 1. The molecule has 88 valence electrons. The Morgan fingerprint density at radius 2 is 1.71 bits per heavy atom. The van der Waals surface area contributed by atoms with E-state index < -0.39 is 0 Å². The van der Waals surface area contributed by atoms with Gasteiger partial charge in [0.25, 0.3) is 0 Å². The number of nitrogens with two attached hydrogens (primary N) is 1. The molecule has 4 heteroatoms. The maximum Gasteiger partial charge on any atom is 0.182 e. The van der Waals surface area contributed by atoms with Gasteiger partial charge in [-0.15, -0.1) is 0 Å². The zero-order valence-corrected chi connectivity index (χ0v) is 11.3. The Kier molecular flexibility index (Phi) is 3.07. The van der Waals surface area contributed by atoms with Crippen LogP contribution in [0.3, 0.4) is 0 Å². The van der Waals surface area contributed by atoms with E-state index in [4.69, 9.17) is 5.73 Å². The number of nitrogens with zero attached hydrogens (tertiary/aromatic N) is 1. The molecule has 0 saturated carbocycles. The van der Waals surface area contributed by atoms with Crippen molar-refractivity contribution in [2.75, 3.05) is 5.73 Å². The van der Waals surface area contributed by atoms with Gasteiger partial charge in [-0.2, -0.15) is 0 Å². The number of aryl methyl sites for hydroxylation is 2. The summed E-state index contributed by atoms with van der Waals surface area (Å²) in [7, 11) is 0. The summed E-state index contributed by atoms with van der Waals surface area (Å²) in [6.45, 7) is 3.82. The third-order valence-corrected chi connectivity index (χ3v) is 3.37. The summed E-state index contributed by atoms with van der Waals surface area (Å²) in [5, 5.41) is 0. The molecular formula is C13H13BrN2O. The van der Waals surface area contributed by atoms with Crippen molar-refractivity contribution in [1.82, 2.24) is 4.57 Å². The lowest BCUT2D eigenvalue weighted by atomic mass is 10.2. The predicted molar refractivity (Wildman–Crippen MR) is 73.6 cm³/mol. The molecule has 2 rings (SSSR count). The van der Waals surface area contributed by atoms with Crippen LogP contribution in [-0.2, 0) is 0 Å². The zero-order valence-electron chi connectivity index (χ0n) is 9.70. The molecule has 3 nitrogen and oxygen atoms in total. The van der Waals surface area contributed by atoms with Crippen LogP contribution in [0.15, 0.2) is 39.6 Å². The molecule has 17 heavy (non-hydrogen) atoms. The van der Waals surface area contributed by atoms with E-state index >= 15 is 0 Å². The SMILES string of the molecule is Cc1cc(=O)cc(C)n1-c1ccc(Br)c(N)c1. The van der Waals surface area contributed by atoms with Gasteiger partial charge in [-0.3, -0.25) is 4.79 Å². The number of pyridine rings is 1. The molecule has 0 aliphatic rings. The first-order valence-electron chi connectivity index (χ1n) is 5.25. The summed E-state index contributed by atoms with van der Waals surface area (Å²) < 4.78 is 2.88. The molecule has 0 amide bonds. The lowest BCUT2D eigenvalue weighted by Gasteiger charge is -2.15. The molecule has 1 aromatic heterocycles. The van der Waals surface area contributed by atoms with Crippen LogP contribution in [0.25, 0.3) is 5.69 Å². The molecular weight excluding hydrogens is 280 g/mol. The number of hydrogen-bond acceptors (Lipinski definition) is 2. The second kappa shape index (κ2) is 4.37. The minimum absolute atomic E-state index is 0.0290. The molecule has 2 N–H and O–H groups in total. The third-order valence-electron chi connectivity index (χ3n) is 2.65. The Morgan fingerprint density at radius 1 is 1.12 bits per heavy atom.